The minimum absolute atomic E-state index is 0.0174. The number of phenols is 1. The van der Waals surface area contributed by atoms with E-state index in [1.807, 2.05) is 74.5 Å². The molecule has 0 aliphatic carbocycles. The zero-order valence-electron chi connectivity index (χ0n) is 14.6. The van der Waals surface area contributed by atoms with Crippen molar-refractivity contribution in [3.05, 3.63) is 77.9 Å². The Balaban J connectivity index is 2.12. The highest BCUT2D eigenvalue weighted by Gasteiger charge is 2.22. The van der Waals surface area contributed by atoms with Crippen molar-refractivity contribution in [2.24, 2.45) is 5.92 Å². The summed E-state index contributed by atoms with van der Waals surface area (Å²) in [5.41, 5.74) is 1.69. The summed E-state index contributed by atoms with van der Waals surface area (Å²) in [4.78, 5) is 12.5. The molecule has 3 aromatic carbocycles. The van der Waals surface area contributed by atoms with E-state index < -0.39 is 6.04 Å². The Hall–Kier alpha value is -2.81. The minimum atomic E-state index is -0.390. The fourth-order valence-electron chi connectivity index (χ4n) is 3.15. The maximum absolute atomic E-state index is 12.5. The molecule has 0 aliphatic rings. The molecular weight excluding hydrogens is 310 g/mol. The molecule has 0 heterocycles. The summed E-state index contributed by atoms with van der Waals surface area (Å²) in [6.07, 6.45) is 0.453. The van der Waals surface area contributed by atoms with Crippen LogP contribution in [0.1, 0.15) is 37.4 Å². The van der Waals surface area contributed by atoms with Crippen molar-refractivity contribution in [1.29, 1.82) is 0 Å². The number of phenolic OH excluding ortho intramolecular Hbond substituents is 1. The zero-order valence-corrected chi connectivity index (χ0v) is 14.6. The molecule has 2 N–H and O–H groups in total. The predicted octanol–water partition coefficient (Wildman–Crippen LogP) is 4.80. The highest BCUT2D eigenvalue weighted by Crippen LogP contribution is 2.35. The van der Waals surface area contributed by atoms with Crippen LogP contribution in [0.4, 0.5) is 0 Å². The molecule has 0 unspecified atom stereocenters. The Bertz CT molecular complexity index is 872. The van der Waals surface area contributed by atoms with Crippen LogP contribution in [-0.2, 0) is 4.79 Å². The summed E-state index contributed by atoms with van der Waals surface area (Å²) in [5.74, 6) is 0.450. The molecule has 0 bridgehead atoms. The smallest absolute Gasteiger partial charge is 0.221 e. The largest absolute Gasteiger partial charge is 0.508 e. The van der Waals surface area contributed by atoms with E-state index >= 15 is 0 Å². The van der Waals surface area contributed by atoms with Crippen molar-refractivity contribution < 1.29 is 9.90 Å². The lowest BCUT2D eigenvalue weighted by Crippen LogP contribution is -2.30. The van der Waals surface area contributed by atoms with Gasteiger partial charge in [0.25, 0.3) is 0 Å². The van der Waals surface area contributed by atoms with E-state index in [0.717, 1.165) is 21.9 Å². The summed E-state index contributed by atoms with van der Waals surface area (Å²) >= 11 is 0. The monoisotopic (exact) mass is 333 g/mol. The second-order valence-corrected chi connectivity index (χ2v) is 6.73. The molecule has 0 radical (unpaired) electrons. The number of benzene rings is 3. The van der Waals surface area contributed by atoms with Crippen molar-refractivity contribution in [2.45, 2.75) is 26.3 Å². The van der Waals surface area contributed by atoms with Gasteiger partial charge in [0.15, 0.2) is 0 Å². The average Bonchev–Trinajstić information content (AvgIpc) is 2.60. The molecule has 128 valence electrons. The van der Waals surface area contributed by atoms with Gasteiger partial charge in [-0.05, 0) is 28.3 Å². The molecule has 0 aromatic heterocycles. The molecule has 3 heteroatoms. The molecule has 1 atom stereocenters. The summed E-state index contributed by atoms with van der Waals surface area (Å²) < 4.78 is 0. The Morgan fingerprint density at radius 3 is 2.36 bits per heavy atom. The van der Waals surface area contributed by atoms with Crippen LogP contribution in [0.3, 0.4) is 0 Å². The van der Waals surface area contributed by atoms with E-state index in [9.17, 15) is 9.90 Å². The van der Waals surface area contributed by atoms with Crippen LogP contribution in [0.2, 0.25) is 0 Å². The standard InChI is InChI=1S/C22H23NO2/c1-15(2)14-20(25)23-22(17-9-4-3-5-10-17)21-18-11-7-6-8-16(18)12-13-19(21)24/h3-13,15,22,24H,14H2,1-2H3,(H,23,25)/t22-/m1/s1. The molecule has 0 spiro atoms. The van der Waals surface area contributed by atoms with Gasteiger partial charge in [0.2, 0.25) is 5.91 Å². The Kier molecular flexibility index (Phi) is 5.03. The highest BCUT2D eigenvalue weighted by atomic mass is 16.3. The van der Waals surface area contributed by atoms with Crippen molar-refractivity contribution in [3.8, 4) is 5.75 Å². The van der Waals surface area contributed by atoms with Gasteiger partial charge in [-0.15, -0.1) is 0 Å². The first-order valence-corrected chi connectivity index (χ1v) is 8.61. The quantitative estimate of drug-likeness (QED) is 0.705. The number of fused-ring (bicyclic) bond motifs is 1. The molecule has 3 nitrogen and oxygen atoms in total. The molecule has 3 rings (SSSR count). The second-order valence-electron chi connectivity index (χ2n) is 6.73. The maximum atomic E-state index is 12.5. The highest BCUT2D eigenvalue weighted by molar-refractivity contribution is 5.89. The number of rotatable bonds is 5. The molecule has 25 heavy (non-hydrogen) atoms. The predicted molar refractivity (Wildman–Crippen MR) is 101 cm³/mol. The number of nitrogens with one attached hydrogen (secondary N) is 1. The number of carbonyl (C=O) groups excluding carboxylic acids is 1. The lowest BCUT2D eigenvalue weighted by molar-refractivity contribution is -0.122. The third-order valence-electron chi connectivity index (χ3n) is 4.27. The molecule has 0 aliphatic heterocycles. The number of carbonyl (C=O) groups is 1. The van der Waals surface area contributed by atoms with Crippen LogP contribution >= 0.6 is 0 Å². The lowest BCUT2D eigenvalue weighted by atomic mass is 9.92. The molecule has 0 saturated carbocycles. The fraction of sp³-hybridized carbons (Fsp3) is 0.227. The van der Waals surface area contributed by atoms with Gasteiger partial charge in [0, 0.05) is 12.0 Å². The SMILES string of the molecule is CC(C)CC(=O)N[C@H](c1ccccc1)c1c(O)ccc2ccccc12. The summed E-state index contributed by atoms with van der Waals surface area (Å²) in [6, 6.07) is 20.9. The molecule has 1 amide bonds. The first-order valence-electron chi connectivity index (χ1n) is 8.61. The van der Waals surface area contributed by atoms with Crippen molar-refractivity contribution >= 4 is 16.7 Å². The van der Waals surface area contributed by atoms with Gasteiger partial charge in [0.05, 0.1) is 6.04 Å². The van der Waals surface area contributed by atoms with Gasteiger partial charge in [-0.3, -0.25) is 4.79 Å². The normalized spacial score (nSPS) is 12.3. The minimum Gasteiger partial charge on any atom is -0.508 e. The number of aromatic hydroxyl groups is 1. The van der Waals surface area contributed by atoms with Crippen molar-refractivity contribution in [3.63, 3.8) is 0 Å². The number of hydrogen-bond donors (Lipinski definition) is 2. The first kappa shape index (κ1) is 17.0. The third-order valence-corrected chi connectivity index (χ3v) is 4.27. The van der Waals surface area contributed by atoms with Crippen molar-refractivity contribution in [1.82, 2.24) is 5.32 Å². The van der Waals surface area contributed by atoms with E-state index in [-0.39, 0.29) is 17.6 Å². The van der Waals surface area contributed by atoms with Crippen LogP contribution in [-0.4, -0.2) is 11.0 Å². The first-order chi connectivity index (χ1) is 12.1. The maximum Gasteiger partial charge on any atom is 0.221 e. The summed E-state index contributed by atoms with van der Waals surface area (Å²) in [5, 5.41) is 15.7. The number of hydrogen-bond acceptors (Lipinski definition) is 2. The number of amides is 1. The third kappa shape index (κ3) is 3.82. The van der Waals surface area contributed by atoms with E-state index in [1.165, 1.54) is 0 Å². The molecule has 3 aromatic rings. The van der Waals surface area contributed by atoms with Gasteiger partial charge in [-0.1, -0.05) is 74.5 Å². The van der Waals surface area contributed by atoms with Crippen LogP contribution < -0.4 is 5.32 Å². The van der Waals surface area contributed by atoms with Crippen molar-refractivity contribution in [2.75, 3.05) is 0 Å². The van der Waals surface area contributed by atoms with Gasteiger partial charge in [0.1, 0.15) is 5.75 Å². The van der Waals surface area contributed by atoms with E-state index in [1.54, 1.807) is 6.07 Å². The van der Waals surface area contributed by atoms with Crippen LogP contribution in [0, 0.1) is 5.92 Å². The average molecular weight is 333 g/mol. The molecule has 0 saturated heterocycles. The van der Waals surface area contributed by atoms with Crippen LogP contribution in [0.15, 0.2) is 66.7 Å². The Labute approximate surface area is 148 Å². The summed E-state index contributed by atoms with van der Waals surface area (Å²) in [6.45, 7) is 4.04. The lowest BCUT2D eigenvalue weighted by Gasteiger charge is -2.23. The topological polar surface area (TPSA) is 49.3 Å². The Morgan fingerprint density at radius 2 is 1.64 bits per heavy atom. The fourth-order valence-corrected chi connectivity index (χ4v) is 3.15. The second kappa shape index (κ2) is 7.39. The molecular formula is C22H23NO2. The van der Waals surface area contributed by atoms with Gasteiger partial charge in [-0.2, -0.15) is 0 Å². The van der Waals surface area contributed by atoms with E-state index in [4.69, 9.17) is 0 Å². The van der Waals surface area contributed by atoms with Crippen LogP contribution in [0.5, 0.6) is 5.75 Å². The van der Waals surface area contributed by atoms with Gasteiger partial charge < -0.3 is 10.4 Å². The Morgan fingerprint density at radius 1 is 0.960 bits per heavy atom. The van der Waals surface area contributed by atoms with Gasteiger partial charge >= 0.3 is 0 Å². The van der Waals surface area contributed by atoms with E-state index in [2.05, 4.69) is 5.32 Å². The van der Waals surface area contributed by atoms with Gasteiger partial charge in [-0.25, -0.2) is 0 Å². The summed E-state index contributed by atoms with van der Waals surface area (Å²) in [7, 11) is 0. The zero-order chi connectivity index (χ0) is 17.8. The molecule has 0 fully saturated rings. The van der Waals surface area contributed by atoms with Crippen LogP contribution in [0.25, 0.3) is 10.8 Å². The van der Waals surface area contributed by atoms with E-state index in [0.29, 0.717) is 6.42 Å².